The van der Waals surface area contributed by atoms with E-state index in [0.717, 1.165) is 39.8 Å². The molecular formula is C20H19BrN4O2. The Labute approximate surface area is 165 Å². The first-order chi connectivity index (χ1) is 13.2. The molecule has 0 spiro atoms. The normalized spacial score (nSPS) is 14.3. The maximum atomic E-state index is 12.7. The maximum Gasteiger partial charge on any atom is 0.289 e. The number of morpholine rings is 1. The Kier molecular flexibility index (Phi) is 5.31. The summed E-state index contributed by atoms with van der Waals surface area (Å²) >= 11 is 3.44. The minimum atomic E-state index is -0.282. The van der Waals surface area contributed by atoms with Gasteiger partial charge in [0.05, 0.1) is 18.7 Å². The first-order valence-corrected chi connectivity index (χ1v) is 9.62. The van der Waals surface area contributed by atoms with E-state index in [9.17, 15) is 4.79 Å². The van der Waals surface area contributed by atoms with Crippen molar-refractivity contribution in [1.29, 1.82) is 0 Å². The van der Waals surface area contributed by atoms with Gasteiger partial charge >= 0.3 is 0 Å². The zero-order chi connectivity index (χ0) is 18.6. The second-order valence-corrected chi connectivity index (χ2v) is 7.22. The number of para-hydroxylation sites is 1. The maximum absolute atomic E-state index is 12.7. The van der Waals surface area contributed by atoms with Crippen LogP contribution in [0.4, 0.5) is 5.82 Å². The molecule has 4 rings (SSSR count). The zero-order valence-corrected chi connectivity index (χ0v) is 16.3. The molecule has 1 aliphatic heterocycles. The van der Waals surface area contributed by atoms with Crippen LogP contribution in [0.3, 0.4) is 0 Å². The zero-order valence-electron chi connectivity index (χ0n) is 14.7. The number of nitrogens with one attached hydrogen (secondary N) is 1. The van der Waals surface area contributed by atoms with Gasteiger partial charge in [-0.3, -0.25) is 4.79 Å². The predicted molar refractivity (Wildman–Crippen MR) is 108 cm³/mol. The van der Waals surface area contributed by atoms with Crippen LogP contribution >= 0.6 is 15.9 Å². The minimum Gasteiger partial charge on any atom is -0.378 e. The summed E-state index contributed by atoms with van der Waals surface area (Å²) in [6.07, 6.45) is 0. The third-order valence-electron chi connectivity index (χ3n) is 4.44. The van der Waals surface area contributed by atoms with E-state index in [2.05, 4.69) is 36.1 Å². The predicted octanol–water partition coefficient (Wildman–Crippen LogP) is 3.16. The van der Waals surface area contributed by atoms with Crippen LogP contribution in [-0.2, 0) is 11.3 Å². The van der Waals surface area contributed by atoms with Crippen molar-refractivity contribution in [3.8, 4) is 0 Å². The molecule has 6 nitrogen and oxygen atoms in total. The van der Waals surface area contributed by atoms with Gasteiger partial charge in [0.25, 0.3) is 5.91 Å². The van der Waals surface area contributed by atoms with Gasteiger partial charge in [0.2, 0.25) is 5.82 Å². The van der Waals surface area contributed by atoms with Gasteiger partial charge in [-0.15, -0.1) is 0 Å². The minimum absolute atomic E-state index is 0.185. The summed E-state index contributed by atoms with van der Waals surface area (Å²) in [4.78, 5) is 23.9. The molecule has 1 aromatic heterocycles. The Bertz CT molecular complexity index is 973. The van der Waals surface area contributed by atoms with Crippen LogP contribution < -0.4 is 10.2 Å². The number of anilines is 1. The molecule has 2 heterocycles. The molecular weight excluding hydrogens is 408 g/mol. The Balaban J connectivity index is 1.61. The number of hydrogen-bond acceptors (Lipinski definition) is 5. The number of carbonyl (C=O) groups excluding carboxylic acids is 1. The van der Waals surface area contributed by atoms with Crippen LogP contribution in [0.15, 0.2) is 53.0 Å². The number of amides is 1. The summed E-state index contributed by atoms with van der Waals surface area (Å²) in [5.41, 5.74) is 1.77. The standard InChI is InChI=1S/C20H19BrN4O2/c21-15-5-3-4-14(12-15)13-22-20(26)18-23-17-7-2-1-6-16(17)19(24-18)25-8-10-27-11-9-25/h1-7,12H,8-11,13H2,(H,22,26). The van der Waals surface area contributed by atoms with Crippen molar-refractivity contribution < 1.29 is 9.53 Å². The molecule has 0 unspecified atom stereocenters. The molecule has 138 valence electrons. The summed E-state index contributed by atoms with van der Waals surface area (Å²) in [5, 5.41) is 3.86. The molecule has 0 aliphatic carbocycles. The van der Waals surface area contributed by atoms with E-state index >= 15 is 0 Å². The number of nitrogens with zero attached hydrogens (tertiary/aromatic N) is 3. The molecule has 0 saturated carbocycles. The van der Waals surface area contributed by atoms with Gasteiger partial charge in [0.1, 0.15) is 5.82 Å². The van der Waals surface area contributed by atoms with Crippen molar-refractivity contribution in [3.05, 3.63) is 64.4 Å². The quantitative estimate of drug-likeness (QED) is 0.693. The molecule has 1 N–H and O–H groups in total. The van der Waals surface area contributed by atoms with E-state index in [4.69, 9.17) is 4.74 Å². The van der Waals surface area contributed by atoms with E-state index in [1.807, 2.05) is 48.5 Å². The van der Waals surface area contributed by atoms with E-state index in [0.29, 0.717) is 19.8 Å². The van der Waals surface area contributed by atoms with Crippen molar-refractivity contribution in [2.75, 3.05) is 31.2 Å². The van der Waals surface area contributed by atoms with Gasteiger partial charge in [0.15, 0.2) is 0 Å². The number of carbonyl (C=O) groups is 1. The Morgan fingerprint density at radius 3 is 2.74 bits per heavy atom. The second-order valence-electron chi connectivity index (χ2n) is 6.30. The fraction of sp³-hybridized carbons (Fsp3) is 0.250. The number of fused-ring (bicyclic) bond motifs is 1. The topological polar surface area (TPSA) is 67.4 Å². The van der Waals surface area contributed by atoms with E-state index in [1.54, 1.807) is 0 Å². The molecule has 2 aromatic carbocycles. The monoisotopic (exact) mass is 426 g/mol. The number of rotatable bonds is 4. The average molecular weight is 427 g/mol. The fourth-order valence-corrected chi connectivity index (χ4v) is 3.53. The van der Waals surface area contributed by atoms with Crippen molar-refractivity contribution in [2.45, 2.75) is 6.54 Å². The summed E-state index contributed by atoms with van der Waals surface area (Å²) in [7, 11) is 0. The average Bonchev–Trinajstić information content (AvgIpc) is 2.72. The lowest BCUT2D eigenvalue weighted by Gasteiger charge is -2.28. The third-order valence-corrected chi connectivity index (χ3v) is 4.93. The lowest BCUT2D eigenvalue weighted by Crippen LogP contribution is -2.37. The Hall–Kier alpha value is -2.51. The highest BCUT2D eigenvalue weighted by atomic mass is 79.9. The molecule has 27 heavy (non-hydrogen) atoms. The third kappa shape index (κ3) is 4.09. The van der Waals surface area contributed by atoms with Gasteiger partial charge in [-0.05, 0) is 29.8 Å². The van der Waals surface area contributed by atoms with Gasteiger partial charge in [-0.1, -0.05) is 40.2 Å². The SMILES string of the molecule is O=C(NCc1cccc(Br)c1)c1nc(N2CCOCC2)c2ccccc2n1. The van der Waals surface area contributed by atoms with E-state index in [-0.39, 0.29) is 11.7 Å². The molecule has 3 aromatic rings. The highest BCUT2D eigenvalue weighted by Gasteiger charge is 2.19. The van der Waals surface area contributed by atoms with Crippen LogP contribution in [0.1, 0.15) is 16.2 Å². The number of halogens is 1. The highest BCUT2D eigenvalue weighted by molar-refractivity contribution is 9.10. The molecule has 0 radical (unpaired) electrons. The number of ether oxygens (including phenoxy) is 1. The smallest absolute Gasteiger partial charge is 0.289 e. The molecule has 0 bridgehead atoms. The van der Waals surface area contributed by atoms with Crippen LogP contribution in [-0.4, -0.2) is 42.2 Å². The Morgan fingerprint density at radius 2 is 1.93 bits per heavy atom. The molecule has 7 heteroatoms. The molecule has 1 aliphatic rings. The second kappa shape index (κ2) is 8.02. The number of benzene rings is 2. The van der Waals surface area contributed by atoms with Gasteiger partial charge < -0.3 is 15.0 Å². The van der Waals surface area contributed by atoms with Crippen LogP contribution in [0, 0.1) is 0 Å². The van der Waals surface area contributed by atoms with Crippen LogP contribution in [0.2, 0.25) is 0 Å². The van der Waals surface area contributed by atoms with Crippen molar-refractivity contribution in [3.63, 3.8) is 0 Å². The largest absolute Gasteiger partial charge is 0.378 e. The summed E-state index contributed by atoms with van der Waals surface area (Å²) in [6.45, 7) is 3.23. The molecule has 1 saturated heterocycles. The summed E-state index contributed by atoms with van der Waals surface area (Å²) in [5.74, 6) is 0.692. The van der Waals surface area contributed by atoms with Gasteiger partial charge in [-0.25, -0.2) is 9.97 Å². The van der Waals surface area contributed by atoms with E-state index in [1.165, 1.54) is 0 Å². The molecule has 1 fully saturated rings. The van der Waals surface area contributed by atoms with Crippen LogP contribution in [0.25, 0.3) is 10.9 Å². The van der Waals surface area contributed by atoms with Crippen LogP contribution in [0.5, 0.6) is 0 Å². The van der Waals surface area contributed by atoms with Crippen molar-refractivity contribution in [1.82, 2.24) is 15.3 Å². The Morgan fingerprint density at radius 1 is 1.11 bits per heavy atom. The first-order valence-electron chi connectivity index (χ1n) is 8.83. The highest BCUT2D eigenvalue weighted by Crippen LogP contribution is 2.24. The number of hydrogen-bond donors (Lipinski definition) is 1. The van der Waals surface area contributed by atoms with Crippen molar-refractivity contribution in [2.24, 2.45) is 0 Å². The lowest BCUT2D eigenvalue weighted by atomic mass is 10.2. The molecule has 1 amide bonds. The van der Waals surface area contributed by atoms with E-state index < -0.39 is 0 Å². The van der Waals surface area contributed by atoms with Crippen molar-refractivity contribution >= 4 is 38.6 Å². The van der Waals surface area contributed by atoms with Gasteiger partial charge in [-0.2, -0.15) is 0 Å². The number of aromatic nitrogens is 2. The first kappa shape index (κ1) is 17.9. The summed E-state index contributed by atoms with van der Waals surface area (Å²) < 4.78 is 6.42. The lowest BCUT2D eigenvalue weighted by molar-refractivity contribution is 0.0940. The fourth-order valence-electron chi connectivity index (χ4n) is 3.09. The van der Waals surface area contributed by atoms with Gasteiger partial charge in [0, 0.05) is 29.5 Å². The molecule has 0 atom stereocenters. The summed E-state index contributed by atoms with van der Waals surface area (Å²) in [6, 6.07) is 15.6.